The molecule has 0 atom stereocenters. The average molecular weight is 274 g/mol. The molecule has 0 unspecified atom stereocenters. The molecular formula is C11H18N2O2S2. The van der Waals surface area contributed by atoms with Crippen LogP contribution in [0.25, 0.3) is 0 Å². The van der Waals surface area contributed by atoms with Gasteiger partial charge in [0.2, 0.25) is 0 Å². The van der Waals surface area contributed by atoms with Crippen LogP contribution in [0.2, 0.25) is 0 Å². The molecule has 2 fully saturated rings. The molecule has 0 aromatic rings. The lowest BCUT2D eigenvalue weighted by molar-refractivity contribution is -0.143. The number of thiocarbonyl (C=S) groups is 1. The second kappa shape index (κ2) is 6.02. The second-order valence-corrected chi connectivity index (χ2v) is 5.91. The van der Waals surface area contributed by atoms with Crippen molar-refractivity contribution >= 4 is 34.3 Å². The molecule has 0 bridgehead atoms. The van der Waals surface area contributed by atoms with Gasteiger partial charge < -0.3 is 9.64 Å². The van der Waals surface area contributed by atoms with Crippen molar-refractivity contribution in [2.75, 3.05) is 25.7 Å². The molecular weight excluding hydrogens is 256 g/mol. The zero-order valence-electron chi connectivity index (χ0n) is 10.1. The van der Waals surface area contributed by atoms with Crippen molar-refractivity contribution in [3.8, 4) is 0 Å². The molecule has 2 aliphatic rings. The minimum absolute atomic E-state index is 0.108. The SMILES string of the molecule is CCOC(=O)CCN1CSC(=S)N(C2CC2)C1. The molecule has 1 aliphatic carbocycles. The third-order valence-electron chi connectivity index (χ3n) is 2.88. The number of thioether (sulfide) groups is 1. The summed E-state index contributed by atoms with van der Waals surface area (Å²) in [5.74, 6) is 0.783. The van der Waals surface area contributed by atoms with Crippen LogP contribution in [0.3, 0.4) is 0 Å². The first-order chi connectivity index (χ1) is 8.20. The van der Waals surface area contributed by atoms with Crippen molar-refractivity contribution in [3.63, 3.8) is 0 Å². The van der Waals surface area contributed by atoms with Crippen molar-refractivity contribution in [2.24, 2.45) is 0 Å². The fraction of sp³-hybridized carbons (Fsp3) is 0.818. The van der Waals surface area contributed by atoms with Crippen LogP contribution in [-0.4, -0.2) is 51.8 Å². The van der Waals surface area contributed by atoms with E-state index in [0.717, 1.165) is 23.4 Å². The highest BCUT2D eigenvalue weighted by atomic mass is 32.2. The van der Waals surface area contributed by atoms with Crippen LogP contribution in [0.5, 0.6) is 0 Å². The van der Waals surface area contributed by atoms with E-state index < -0.39 is 0 Å². The smallest absolute Gasteiger partial charge is 0.307 e. The van der Waals surface area contributed by atoms with Crippen LogP contribution in [0, 0.1) is 0 Å². The fourth-order valence-electron chi connectivity index (χ4n) is 1.81. The zero-order valence-corrected chi connectivity index (χ0v) is 11.7. The summed E-state index contributed by atoms with van der Waals surface area (Å²) in [4.78, 5) is 15.8. The van der Waals surface area contributed by atoms with Gasteiger partial charge in [-0.05, 0) is 19.8 Å². The van der Waals surface area contributed by atoms with Gasteiger partial charge >= 0.3 is 5.97 Å². The fourth-order valence-corrected chi connectivity index (χ4v) is 3.05. The number of carbonyl (C=O) groups is 1. The quantitative estimate of drug-likeness (QED) is 0.560. The van der Waals surface area contributed by atoms with Crippen molar-refractivity contribution in [1.29, 1.82) is 0 Å². The van der Waals surface area contributed by atoms with Gasteiger partial charge in [0.15, 0.2) is 0 Å². The molecule has 1 aliphatic heterocycles. The second-order valence-electron chi connectivity index (χ2n) is 4.33. The van der Waals surface area contributed by atoms with Crippen LogP contribution in [0.4, 0.5) is 0 Å². The van der Waals surface area contributed by atoms with Gasteiger partial charge in [-0.2, -0.15) is 0 Å². The molecule has 17 heavy (non-hydrogen) atoms. The Bertz CT molecular complexity index is 308. The lowest BCUT2D eigenvalue weighted by Gasteiger charge is -2.36. The van der Waals surface area contributed by atoms with Crippen LogP contribution in [0.1, 0.15) is 26.2 Å². The summed E-state index contributed by atoms with van der Waals surface area (Å²) in [6.45, 7) is 3.93. The first kappa shape index (κ1) is 13.1. The van der Waals surface area contributed by atoms with Gasteiger partial charge in [-0.15, -0.1) is 0 Å². The van der Waals surface area contributed by atoms with Crippen molar-refractivity contribution in [3.05, 3.63) is 0 Å². The summed E-state index contributed by atoms with van der Waals surface area (Å²) in [6.07, 6.45) is 2.98. The maximum absolute atomic E-state index is 11.3. The van der Waals surface area contributed by atoms with E-state index in [1.54, 1.807) is 11.8 Å². The Kier molecular flexibility index (Phi) is 4.64. The Hall–Kier alpha value is -0.330. The number of carbonyl (C=O) groups excluding carboxylic acids is 1. The Morgan fingerprint density at radius 1 is 1.59 bits per heavy atom. The predicted molar refractivity (Wildman–Crippen MR) is 72.7 cm³/mol. The van der Waals surface area contributed by atoms with Gasteiger partial charge in [-0.25, -0.2) is 0 Å². The molecule has 1 heterocycles. The first-order valence-electron chi connectivity index (χ1n) is 6.02. The summed E-state index contributed by atoms with van der Waals surface area (Å²) in [5.41, 5.74) is 0. The minimum atomic E-state index is -0.108. The standard InChI is InChI=1S/C11H18N2O2S2/c1-2-15-10(14)5-6-12-7-13(9-3-4-9)11(16)17-8-12/h9H,2-8H2,1H3. The maximum Gasteiger partial charge on any atom is 0.307 e. The minimum Gasteiger partial charge on any atom is -0.466 e. The molecule has 96 valence electrons. The predicted octanol–water partition coefficient (Wildman–Crippen LogP) is 1.65. The molecule has 0 amide bonds. The highest BCUT2D eigenvalue weighted by Gasteiger charge is 2.34. The number of nitrogens with zero attached hydrogens (tertiary/aromatic N) is 2. The summed E-state index contributed by atoms with van der Waals surface area (Å²) < 4.78 is 5.94. The molecule has 0 N–H and O–H groups in total. The van der Waals surface area contributed by atoms with E-state index in [2.05, 4.69) is 9.80 Å². The van der Waals surface area contributed by atoms with Gasteiger partial charge in [-0.3, -0.25) is 9.69 Å². The van der Waals surface area contributed by atoms with Gasteiger partial charge in [0.1, 0.15) is 4.32 Å². The summed E-state index contributed by atoms with van der Waals surface area (Å²) >= 11 is 7.04. The summed E-state index contributed by atoms with van der Waals surface area (Å²) in [7, 11) is 0. The number of hydrogen-bond acceptors (Lipinski definition) is 5. The lowest BCUT2D eigenvalue weighted by atomic mass is 10.4. The molecule has 0 radical (unpaired) electrons. The Labute approximate surface area is 112 Å². The van der Waals surface area contributed by atoms with Gasteiger partial charge in [-0.1, -0.05) is 24.0 Å². The number of rotatable bonds is 5. The molecule has 6 heteroatoms. The first-order valence-corrected chi connectivity index (χ1v) is 7.41. The van der Waals surface area contributed by atoms with Crippen molar-refractivity contribution in [1.82, 2.24) is 9.80 Å². The van der Waals surface area contributed by atoms with Crippen molar-refractivity contribution in [2.45, 2.75) is 32.2 Å². The number of esters is 1. The van der Waals surface area contributed by atoms with E-state index in [9.17, 15) is 4.79 Å². The zero-order chi connectivity index (χ0) is 12.3. The molecule has 1 saturated heterocycles. The van der Waals surface area contributed by atoms with Crippen LogP contribution in [0.15, 0.2) is 0 Å². The lowest BCUT2D eigenvalue weighted by Crippen LogP contribution is -2.46. The summed E-state index contributed by atoms with van der Waals surface area (Å²) in [6, 6.07) is 0.653. The average Bonchev–Trinajstić information content (AvgIpc) is 3.12. The summed E-state index contributed by atoms with van der Waals surface area (Å²) in [5, 5.41) is 0. The molecule has 4 nitrogen and oxygen atoms in total. The molecule has 0 aromatic carbocycles. The third kappa shape index (κ3) is 3.82. The molecule has 0 aromatic heterocycles. The molecule has 2 rings (SSSR count). The number of ether oxygens (including phenoxy) is 1. The third-order valence-corrected chi connectivity index (χ3v) is 4.45. The normalized spacial score (nSPS) is 21.7. The van der Waals surface area contributed by atoms with Gasteiger partial charge in [0.05, 0.1) is 25.6 Å². The van der Waals surface area contributed by atoms with Gasteiger partial charge in [0.25, 0.3) is 0 Å². The Morgan fingerprint density at radius 3 is 3.00 bits per heavy atom. The number of hydrogen-bond donors (Lipinski definition) is 0. The van der Waals surface area contributed by atoms with E-state index in [4.69, 9.17) is 17.0 Å². The van der Waals surface area contributed by atoms with Gasteiger partial charge in [0, 0.05) is 12.6 Å². The molecule has 1 saturated carbocycles. The van der Waals surface area contributed by atoms with Crippen molar-refractivity contribution < 1.29 is 9.53 Å². The van der Waals surface area contributed by atoms with E-state index in [1.807, 2.05) is 6.92 Å². The maximum atomic E-state index is 11.3. The molecule has 0 spiro atoms. The Morgan fingerprint density at radius 2 is 2.35 bits per heavy atom. The van der Waals surface area contributed by atoms with E-state index >= 15 is 0 Å². The van der Waals surface area contributed by atoms with Crippen LogP contribution in [-0.2, 0) is 9.53 Å². The Balaban J connectivity index is 1.74. The van der Waals surface area contributed by atoms with E-state index in [-0.39, 0.29) is 5.97 Å². The highest BCUT2D eigenvalue weighted by Crippen LogP contribution is 2.32. The van der Waals surface area contributed by atoms with E-state index in [1.165, 1.54) is 12.8 Å². The van der Waals surface area contributed by atoms with Crippen LogP contribution >= 0.6 is 24.0 Å². The highest BCUT2D eigenvalue weighted by molar-refractivity contribution is 8.22. The van der Waals surface area contributed by atoms with E-state index in [0.29, 0.717) is 19.1 Å². The monoisotopic (exact) mass is 274 g/mol. The largest absolute Gasteiger partial charge is 0.466 e. The van der Waals surface area contributed by atoms with Crippen LogP contribution < -0.4 is 0 Å². The topological polar surface area (TPSA) is 32.8 Å².